The fourth-order valence-corrected chi connectivity index (χ4v) is 2.18. The quantitative estimate of drug-likeness (QED) is 0.253. The van der Waals surface area contributed by atoms with Crippen LogP contribution in [0.1, 0.15) is 15.9 Å². The number of rotatable bonds is 7. The molecule has 0 aliphatic heterocycles. The van der Waals surface area contributed by atoms with Crippen LogP contribution in [0.15, 0.2) is 59.6 Å². The van der Waals surface area contributed by atoms with E-state index in [9.17, 15) is 4.79 Å². The van der Waals surface area contributed by atoms with Crippen molar-refractivity contribution in [3.8, 4) is 5.75 Å². The van der Waals surface area contributed by atoms with Crippen LogP contribution >= 0.6 is 24.0 Å². The van der Waals surface area contributed by atoms with Gasteiger partial charge in [0.15, 0.2) is 5.96 Å². The molecule has 0 aliphatic rings. The molecular formula is C19H25IN4O2. The third kappa shape index (κ3) is 7.30. The van der Waals surface area contributed by atoms with Crippen LogP contribution in [0.2, 0.25) is 0 Å². The Morgan fingerprint density at radius 3 is 2.35 bits per heavy atom. The first-order chi connectivity index (χ1) is 12.2. The summed E-state index contributed by atoms with van der Waals surface area (Å²) in [6.45, 7) is 1.81. The SMILES string of the molecule is CN=C(NCCOc1ccccc1)NCc1ccc(C(=O)NC)cc1.I. The molecule has 26 heavy (non-hydrogen) atoms. The van der Waals surface area contributed by atoms with Crippen molar-refractivity contribution in [3.63, 3.8) is 0 Å². The van der Waals surface area contributed by atoms with E-state index < -0.39 is 0 Å². The van der Waals surface area contributed by atoms with E-state index in [0.717, 1.165) is 11.3 Å². The first-order valence-corrected chi connectivity index (χ1v) is 8.16. The molecule has 0 bridgehead atoms. The van der Waals surface area contributed by atoms with Crippen molar-refractivity contribution in [1.82, 2.24) is 16.0 Å². The molecule has 2 aromatic carbocycles. The fourth-order valence-electron chi connectivity index (χ4n) is 2.18. The Balaban J connectivity index is 0.00000338. The molecule has 0 unspecified atom stereocenters. The Labute approximate surface area is 171 Å². The Morgan fingerprint density at radius 2 is 1.73 bits per heavy atom. The van der Waals surface area contributed by atoms with Crippen LogP contribution in [-0.4, -0.2) is 39.1 Å². The molecular weight excluding hydrogens is 443 g/mol. The first-order valence-electron chi connectivity index (χ1n) is 8.16. The van der Waals surface area contributed by atoms with Gasteiger partial charge in [0.1, 0.15) is 12.4 Å². The van der Waals surface area contributed by atoms with Crippen molar-refractivity contribution in [2.75, 3.05) is 27.2 Å². The highest BCUT2D eigenvalue weighted by Gasteiger charge is 2.03. The van der Waals surface area contributed by atoms with Crippen LogP contribution in [0.4, 0.5) is 0 Å². The summed E-state index contributed by atoms with van der Waals surface area (Å²) in [5, 5.41) is 9.03. The summed E-state index contributed by atoms with van der Waals surface area (Å²) in [5.74, 6) is 1.46. The fraction of sp³-hybridized carbons (Fsp3) is 0.263. The van der Waals surface area contributed by atoms with Gasteiger partial charge in [-0.05, 0) is 29.8 Å². The Bertz CT molecular complexity index is 690. The van der Waals surface area contributed by atoms with E-state index in [0.29, 0.717) is 31.2 Å². The average molecular weight is 468 g/mol. The van der Waals surface area contributed by atoms with Crippen molar-refractivity contribution in [3.05, 3.63) is 65.7 Å². The van der Waals surface area contributed by atoms with Crippen LogP contribution in [0.5, 0.6) is 5.75 Å². The largest absolute Gasteiger partial charge is 0.492 e. The number of para-hydroxylation sites is 1. The van der Waals surface area contributed by atoms with Crippen molar-refractivity contribution >= 4 is 35.8 Å². The minimum atomic E-state index is -0.0876. The second kappa shape index (κ2) is 12.1. The number of nitrogens with one attached hydrogen (secondary N) is 3. The molecule has 0 aromatic heterocycles. The maximum Gasteiger partial charge on any atom is 0.251 e. The zero-order chi connectivity index (χ0) is 17.9. The molecule has 1 amide bonds. The number of amides is 1. The van der Waals surface area contributed by atoms with Crippen molar-refractivity contribution in [2.24, 2.45) is 4.99 Å². The van der Waals surface area contributed by atoms with Gasteiger partial charge < -0.3 is 20.7 Å². The predicted molar refractivity (Wildman–Crippen MR) is 115 cm³/mol. The minimum absolute atomic E-state index is 0. The third-order valence-corrected chi connectivity index (χ3v) is 3.53. The van der Waals surface area contributed by atoms with Gasteiger partial charge in [0.25, 0.3) is 5.91 Å². The lowest BCUT2D eigenvalue weighted by molar-refractivity contribution is 0.0963. The molecule has 0 radical (unpaired) electrons. The minimum Gasteiger partial charge on any atom is -0.492 e. The summed E-state index contributed by atoms with van der Waals surface area (Å²) in [7, 11) is 3.34. The molecule has 6 nitrogen and oxygen atoms in total. The van der Waals surface area contributed by atoms with Gasteiger partial charge in [0.05, 0.1) is 6.54 Å². The third-order valence-electron chi connectivity index (χ3n) is 3.53. The van der Waals surface area contributed by atoms with Crippen molar-refractivity contribution < 1.29 is 9.53 Å². The molecule has 3 N–H and O–H groups in total. The summed E-state index contributed by atoms with van der Waals surface area (Å²) in [6, 6.07) is 17.1. The van der Waals surface area contributed by atoms with Crippen LogP contribution in [0.3, 0.4) is 0 Å². The topological polar surface area (TPSA) is 74.8 Å². The van der Waals surface area contributed by atoms with Crippen molar-refractivity contribution in [2.45, 2.75) is 6.54 Å². The van der Waals surface area contributed by atoms with Crippen LogP contribution in [-0.2, 0) is 6.54 Å². The predicted octanol–water partition coefficient (Wildman–Crippen LogP) is 2.41. The number of guanidine groups is 1. The van der Waals surface area contributed by atoms with E-state index in [4.69, 9.17) is 4.74 Å². The van der Waals surface area contributed by atoms with E-state index >= 15 is 0 Å². The first kappa shape index (κ1) is 21.8. The van der Waals surface area contributed by atoms with Gasteiger partial charge in [-0.2, -0.15) is 0 Å². The maximum absolute atomic E-state index is 11.5. The lowest BCUT2D eigenvalue weighted by Gasteiger charge is -2.13. The lowest BCUT2D eigenvalue weighted by atomic mass is 10.1. The highest BCUT2D eigenvalue weighted by Crippen LogP contribution is 2.07. The zero-order valence-electron chi connectivity index (χ0n) is 15.0. The Morgan fingerprint density at radius 1 is 1.04 bits per heavy atom. The van der Waals surface area contributed by atoms with E-state index in [-0.39, 0.29) is 29.9 Å². The number of carbonyl (C=O) groups excluding carboxylic acids is 1. The van der Waals surface area contributed by atoms with Gasteiger partial charge in [0.2, 0.25) is 0 Å². The van der Waals surface area contributed by atoms with Gasteiger partial charge in [-0.15, -0.1) is 24.0 Å². The van der Waals surface area contributed by atoms with Gasteiger partial charge in [-0.3, -0.25) is 9.79 Å². The summed E-state index contributed by atoms with van der Waals surface area (Å²) in [5.41, 5.74) is 1.71. The molecule has 2 aromatic rings. The standard InChI is InChI=1S/C19H24N4O2.HI/c1-20-18(24)16-10-8-15(9-11-16)14-23-19(21-2)22-12-13-25-17-6-4-3-5-7-17;/h3-11H,12-14H2,1-2H3,(H,20,24)(H2,21,22,23);1H. The highest BCUT2D eigenvalue weighted by atomic mass is 127. The summed E-state index contributed by atoms with van der Waals surface area (Å²) >= 11 is 0. The smallest absolute Gasteiger partial charge is 0.251 e. The van der Waals surface area contributed by atoms with E-state index in [2.05, 4.69) is 20.9 Å². The molecule has 0 atom stereocenters. The lowest BCUT2D eigenvalue weighted by Crippen LogP contribution is -2.38. The number of hydrogen-bond donors (Lipinski definition) is 3. The monoisotopic (exact) mass is 468 g/mol. The van der Waals surface area contributed by atoms with Gasteiger partial charge >= 0.3 is 0 Å². The molecule has 0 fully saturated rings. The highest BCUT2D eigenvalue weighted by molar-refractivity contribution is 14.0. The van der Waals surface area contributed by atoms with Gasteiger partial charge in [0, 0.05) is 26.2 Å². The molecule has 0 spiro atoms. The molecule has 0 saturated carbocycles. The normalized spacial score (nSPS) is 10.5. The number of aliphatic imine (C=N–C) groups is 1. The number of carbonyl (C=O) groups is 1. The molecule has 2 rings (SSSR count). The number of ether oxygens (including phenoxy) is 1. The van der Waals surface area contributed by atoms with Gasteiger partial charge in [-0.1, -0.05) is 30.3 Å². The Kier molecular flexibility index (Phi) is 10.1. The van der Waals surface area contributed by atoms with Gasteiger partial charge in [-0.25, -0.2) is 0 Å². The van der Waals surface area contributed by atoms with Crippen LogP contribution in [0, 0.1) is 0 Å². The summed E-state index contributed by atoms with van der Waals surface area (Å²) in [6.07, 6.45) is 0. The summed E-state index contributed by atoms with van der Waals surface area (Å²) < 4.78 is 5.63. The molecule has 0 heterocycles. The number of benzene rings is 2. The molecule has 7 heteroatoms. The summed E-state index contributed by atoms with van der Waals surface area (Å²) in [4.78, 5) is 15.7. The molecule has 0 saturated heterocycles. The number of halogens is 1. The maximum atomic E-state index is 11.5. The van der Waals surface area contributed by atoms with E-state index in [1.165, 1.54) is 0 Å². The molecule has 140 valence electrons. The van der Waals surface area contributed by atoms with Crippen LogP contribution in [0.25, 0.3) is 0 Å². The van der Waals surface area contributed by atoms with Crippen molar-refractivity contribution in [1.29, 1.82) is 0 Å². The number of nitrogens with zero attached hydrogens (tertiary/aromatic N) is 1. The van der Waals surface area contributed by atoms with E-state index in [1.807, 2.05) is 42.5 Å². The second-order valence-corrected chi connectivity index (χ2v) is 5.29. The Hall–Kier alpha value is -2.29. The average Bonchev–Trinajstić information content (AvgIpc) is 2.68. The number of hydrogen-bond acceptors (Lipinski definition) is 3. The zero-order valence-corrected chi connectivity index (χ0v) is 17.3. The van der Waals surface area contributed by atoms with Crippen LogP contribution < -0.4 is 20.7 Å². The van der Waals surface area contributed by atoms with E-state index in [1.54, 1.807) is 26.2 Å². The molecule has 0 aliphatic carbocycles. The second-order valence-electron chi connectivity index (χ2n) is 5.29.